The van der Waals surface area contributed by atoms with Crippen molar-refractivity contribution >= 4 is 27.3 Å². The van der Waals surface area contributed by atoms with Gasteiger partial charge in [0.25, 0.3) is 0 Å². The van der Waals surface area contributed by atoms with E-state index in [4.69, 9.17) is 4.52 Å². The number of hydrogen-bond acceptors (Lipinski definition) is 7. The zero-order valence-corrected chi connectivity index (χ0v) is 18.4. The lowest BCUT2D eigenvalue weighted by atomic mass is 9.97. The van der Waals surface area contributed by atoms with E-state index in [9.17, 15) is 13.2 Å². The van der Waals surface area contributed by atoms with E-state index in [2.05, 4.69) is 10.1 Å². The molecule has 4 rings (SSSR count). The Hall–Kier alpha value is -1.78. The summed E-state index contributed by atoms with van der Waals surface area (Å²) in [6, 6.07) is 1.62. The zero-order valence-electron chi connectivity index (χ0n) is 16.8. The van der Waals surface area contributed by atoms with Crippen molar-refractivity contribution in [3.63, 3.8) is 0 Å². The molecule has 0 aromatic carbocycles. The second kappa shape index (κ2) is 8.16. The number of aryl methyl sites for hydroxylation is 2. The van der Waals surface area contributed by atoms with Crippen molar-refractivity contribution in [1.82, 2.24) is 19.3 Å². The first-order valence-corrected chi connectivity index (χ1v) is 12.3. The van der Waals surface area contributed by atoms with Gasteiger partial charge in [-0.15, -0.1) is 11.3 Å². The van der Waals surface area contributed by atoms with Crippen LogP contribution in [0.25, 0.3) is 10.7 Å². The van der Waals surface area contributed by atoms with Gasteiger partial charge in [-0.05, 0) is 45.1 Å². The molecule has 0 N–H and O–H groups in total. The first-order chi connectivity index (χ1) is 13.9. The molecule has 0 aliphatic carbocycles. The number of nitrogens with zero attached hydrogens (tertiary/aromatic N) is 4. The molecule has 1 atom stereocenters. The Labute approximate surface area is 174 Å². The maximum Gasteiger partial charge on any atom is 0.244 e. The summed E-state index contributed by atoms with van der Waals surface area (Å²) in [5.74, 6) is 0.684. The maximum atomic E-state index is 13.3. The van der Waals surface area contributed by atoms with Gasteiger partial charge in [0.15, 0.2) is 0 Å². The number of carbonyl (C=O) groups is 1. The lowest BCUT2D eigenvalue weighted by molar-refractivity contribution is -0.137. The largest absolute Gasteiger partial charge is 0.342 e. The molecule has 2 aromatic heterocycles. The van der Waals surface area contributed by atoms with E-state index < -0.39 is 10.0 Å². The molecule has 10 heteroatoms. The number of thiophene rings is 1. The van der Waals surface area contributed by atoms with Crippen molar-refractivity contribution in [2.75, 3.05) is 26.2 Å². The number of amides is 1. The number of rotatable bonds is 4. The zero-order chi connectivity index (χ0) is 20.6. The van der Waals surface area contributed by atoms with E-state index in [1.807, 2.05) is 4.90 Å². The van der Waals surface area contributed by atoms with Crippen LogP contribution in [0, 0.1) is 19.8 Å². The minimum atomic E-state index is -3.68. The molecular formula is C19H26N4O4S2. The van der Waals surface area contributed by atoms with Gasteiger partial charge in [0.05, 0.1) is 15.7 Å². The van der Waals surface area contributed by atoms with Crippen LogP contribution in [-0.2, 0) is 14.8 Å². The molecule has 2 fully saturated rings. The number of likely N-dealkylation sites (tertiary alicyclic amines) is 1. The van der Waals surface area contributed by atoms with Gasteiger partial charge in [0, 0.05) is 38.0 Å². The van der Waals surface area contributed by atoms with E-state index in [-0.39, 0.29) is 23.3 Å². The third kappa shape index (κ3) is 4.10. The van der Waals surface area contributed by atoms with Crippen molar-refractivity contribution in [2.24, 2.45) is 5.92 Å². The van der Waals surface area contributed by atoms with Crippen LogP contribution >= 0.6 is 11.3 Å². The second-order valence-electron chi connectivity index (χ2n) is 7.76. The summed E-state index contributed by atoms with van der Waals surface area (Å²) in [7, 11) is -3.68. The molecule has 158 valence electrons. The molecule has 0 spiro atoms. The molecule has 0 saturated carbocycles. The van der Waals surface area contributed by atoms with Crippen LogP contribution in [0.5, 0.6) is 0 Å². The minimum absolute atomic E-state index is 0.106. The van der Waals surface area contributed by atoms with E-state index in [1.165, 1.54) is 15.6 Å². The predicted octanol–water partition coefficient (Wildman–Crippen LogP) is 2.83. The highest BCUT2D eigenvalue weighted by atomic mass is 32.2. The predicted molar refractivity (Wildman–Crippen MR) is 109 cm³/mol. The fourth-order valence-electron chi connectivity index (χ4n) is 4.10. The van der Waals surface area contributed by atoms with Gasteiger partial charge < -0.3 is 9.42 Å². The summed E-state index contributed by atoms with van der Waals surface area (Å²) >= 11 is 1.34. The van der Waals surface area contributed by atoms with E-state index in [0.717, 1.165) is 38.8 Å². The number of aromatic nitrogens is 2. The van der Waals surface area contributed by atoms with Crippen LogP contribution in [-0.4, -0.2) is 59.8 Å². The Morgan fingerprint density at radius 1 is 1.17 bits per heavy atom. The highest BCUT2D eigenvalue weighted by Crippen LogP contribution is 2.35. The van der Waals surface area contributed by atoms with Gasteiger partial charge in [0.1, 0.15) is 0 Å². The molecule has 2 aliphatic rings. The smallest absolute Gasteiger partial charge is 0.244 e. The molecule has 4 heterocycles. The first kappa shape index (κ1) is 20.5. The molecule has 0 radical (unpaired) electrons. The molecule has 29 heavy (non-hydrogen) atoms. The normalized spacial score (nSPS) is 21.4. The average molecular weight is 439 g/mol. The van der Waals surface area contributed by atoms with Crippen molar-refractivity contribution in [1.29, 1.82) is 0 Å². The van der Waals surface area contributed by atoms with Crippen LogP contribution in [0.2, 0.25) is 0 Å². The van der Waals surface area contributed by atoms with Gasteiger partial charge in [-0.1, -0.05) is 5.16 Å². The number of sulfonamides is 1. The summed E-state index contributed by atoms with van der Waals surface area (Å²) in [5, 5.41) is 3.89. The summed E-state index contributed by atoms with van der Waals surface area (Å²) in [4.78, 5) is 20.6. The average Bonchev–Trinajstić information content (AvgIpc) is 3.34. The van der Waals surface area contributed by atoms with Crippen molar-refractivity contribution in [3.8, 4) is 10.7 Å². The lowest BCUT2D eigenvalue weighted by Crippen LogP contribution is -2.47. The van der Waals surface area contributed by atoms with Gasteiger partial charge in [-0.3, -0.25) is 4.79 Å². The van der Waals surface area contributed by atoms with E-state index in [1.54, 1.807) is 19.9 Å². The summed E-state index contributed by atoms with van der Waals surface area (Å²) in [6.07, 6.45) is 4.68. The maximum absolute atomic E-state index is 13.3. The monoisotopic (exact) mass is 438 g/mol. The Balaban J connectivity index is 1.54. The molecule has 2 aromatic rings. The molecule has 0 bridgehead atoms. The highest BCUT2D eigenvalue weighted by molar-refractivity contribution is 7.89. The van der Waals surface area contributed by atoms with Gasteiger partial charge in [-0.2, -0.15) is 9.29 Å². The first-order valence-electron chi connectivity index (χ1n) is 10.1. The van der Waals surface area contributed by atoms with Gasteiger partial charge in [0.2, 0.25) is 27.6 Å². The molecule has 1 amide bonds. The topological polar surface area (TPSA) is 96.6 Å². The summed E-state index contributed by atoms with van der Waals surface area (Å²) < 4.78 is 33.2. The van der Waals surface area contributed by atoms with Crippen molar-refractivity contribution in [3.05, 3.63) is 16.8 Å². The summed E-state index contributed by atoms with van der Waals surface area (Å²) in [6.45, 7) is 5.76. The summed E-state index contributed by atoms with van der Waals surface area (Å²) in [5.41, 5.74) is 0. The quantitative estimate of drug-likeness (QED) is 0.728. The number of carbonyl (C=O) groups excluding carboxylic acids is 1. The second-order valence-corrected chi connectivity index (χ2v) is 10.9. The molecule has 8 nitrogen and oxygen atoms in total. The molecule has 0 unspecified atom stereocenters. The van der Waals surface area contributed by atoms with Gasteiger partial charge in [-0.25, -0.2) is 8.42 Å². The fraction of sp³-hybridized carbons (Fsp3) is 0.632. The van der Waals surface area contributed by atoms with Crippen LogP contribution in [0.4, 0.5) is 0 Å². The standard InChI is InChI=1S/C19H26N4O4S2/c1-13-17(11-16(28-13)18-20-14(2)27-21-18)29(25,26)23-10-6-7-15(12-23)19(24)22-8-4-3-5-9-22/h11,15H,3-10,12H2,1-2H3/t15-/m0/s1. The third-order valence-electron chi connectivity index (χ3n) is 5.64. The highest BCUT2D eigenvalue weighted by Gasteiger charge is 2.36. The van der Waals surface area contributed by atoms with Crippen LogP contribution in [0.3, 0.4) is 0 Å². The van der Waals surface area contributed by atoms with Crippen LogP contribution in [0.15, 0.2) is 15.5 Å². The SMILES string of the molecule is Cc1nc(-c2cc(S(=O)(=O)N3CCC[C@H](C(=O)N4CCCCC4)C3)c(C)s2)no1. The number of hydrogen-bond donors (Lipinski definition) is 0. The van der Waals surface area contributed by atoms with E-state index in [0.29, 0.717) is 34.4 Å². The Morgan fingerprint density at radius 3 is 2.62 bits per heavy atom. The molecule has 2 saturated heterocycles. The van der Waals surface area contributed by atoms with Gasteiger partial charge >= 0.3 is 0 Å². The Bertz CT molecular complexity index is 992. The van der Waals surface area contributed by atoms with Crippen molar-refractivity contribution in [2.45, 2.75) is 50.8 Å². The van der Waals surface area contributed by atoms with Crippen LogP contribution in [0.1, 0.15) is 42.9 Å². The Morgan fingerprint density at radius 2 is 1.93 bits per heavy atom. The Kier molecular flexibility index (Phi) is 5.76. The molecule has 2 aliphatic heterocycles. The lowest BCUT2D eigenvalue weighted by Gasteiger charge is -2.35. The van der Waals surface area contributed by atoms with Crippen molar-refractivity contribution < 1.29 is 17.7 Å². The minimum Gasteiger partial charge on any atom is -0.342 e. The fourth-order valence-corrected chi connectivity index (χ4v) is 7.11. The van der Waals surface area contributed by atoms with E-state index >= 15 is 0 Å². The third-order valence-corrected chi connectivity index (χ3v) is 8.81. The molecular weight excluding hydrogens is 412 g/mol. The number of piperidine rings is 2. The van der Waals surface area contributed by atoms with Crippen LogP contribution < -0.4 is 0 Å².